The van der Waals surface area contributed by atoms with Crippen molar-refractivity contribution in [1.29, 1.82) is 0 Å². The van der Waals surface area contributed by atoms with Crippen LogP contribution in [0, 0.1) is 6.92 Å². The van der Waals surface area contributed by atoms with E-state index >= 15 is 0 Å². The molecule has 2 aromatic heterocycles. The third-order valence-corrected chi connectivity index (χ3v) is 9.48. The summed E-state index contributed by atoms with van der Waals surface area (Å²) in [5.74, 6) is 0.433. The predicted octanol–water partition coefficient (Wildman–Crippen LogP) is 3.37. The van der Waals surface area contributed by atoms with Crippen LogP contribution in [0.1, 0.15) is 29.0 Å². The van der Waals surface area contributed by atoms with Gasteiger partial charge in [0.2, 0.25) is 5.91 Å². The molecular formula is C29H31ClN6O3S. The van der Waals surface area contributed by atoms with Gasteiger partial charge in [-0.2, -0.15) is 0 Å². The summed E-state index contributed by atoms with van der Waals surface area (Å²) in [6, 6.07) is 13.9. The van der Waals surface area contributed by atoms with Crippen LogP contribution in [0.3, 0.4) is 0 Å². The molecule has 0 bridgehead atoms. The van der Waals surface area contributed by atoms with Crippen molar-refractivity contribution in [2.75, 3.05) is 30.8 Å². The number of likely N-dealkylation sites (N-methyl/N-ethyl adjacent to an activating group) is 1. The fraction of sp³-hybridized carbons (Fsp3) is 0.379. The number of imidazole rings is 1. The number of rotatable bonds is 5. The number of nitrogens with zero attached hydrogens (tertiary/aromatic N) is 6. The number of piperidine rings is 1. The van der Waals surface area contributed by atoms with Gasteiger partial charge < -0.3 is 14.4 Å². The number of thioether (sulfide) groups is 1. The van der Waals surface area contributed by atoms with Gasteiger partial charge in [0, 0.05) is 43.3 Å². The van der Waals surface area contributed by atoms with Crippen molar-refractivity contribution in [1.82, 2.24) is 23.6 Å². The Bertz CT molecular complexity index is 1780. The Labute approximate surface area is 241 Å². The number of anilines is 1. The van der Waals surface area contributed by atoms with Gasteiger partial charge >= 0.3 is 5.69 Å². The minimum atomic E-state index is -0.454. The van der Waals surface area contributed by atoms with E-state index in [1.165, 1.54) is 34.5 Å². The average molecular weight is 579 g/mol. The zero-order valence-corrected chi connectivity index (χ0v) is 24.5. The van der Waals surface area contributed by atoms with E-state index in [-0.39, 0.29) is 35.8 Å². The molecular weight excluding hydrogens is 548 g/mol. The lowest BCUT2D eigenvalue weighted by atomic mass is 9.89. The minimum Gasteiger partial charge on any atom is -0.309 e. The maximum Gasteiger partial charge on any atom is 0.332 e. The molecule has 1 amide bonds. The Kier molecular flexibility index (Phi) is 6.88. The maximum absolute atomic E-state index is 13.9. The summed E-state index contributed by atoms with van der Waals surface area (Å²) in [4.78, 5) is 48.8. The summed E-state index contributed by atoms with van der Waals surface area (Å²) in [5.41, 5.74) is 3.92. The molecule has 11 heteroatoms. The Morgan fingerprint density at radius 1 is 1.10 bits per heavy atom. The Morgan fingerprint density at radius 3 is 2.65 bits per heavy atom. The van der Waals surface area contributed by atoms with Crippen molar-refractivity contribution in [3.05, 3.63) is 85.0 Å². The third-order valence-electron chi connectivity index (χ3n) is 8.15. The number of hydrogen-bond acceptors (Lipinski definition) is 6. The van der Waals surface area contributed by atoms with Crippen molar-refractivity contribution in [2.45, 2.75) is 37.0 Å². The van der Waals surface area contributed by atoms with E-state index in [9.17, 15) is 14.4 Å². The molecule has 2 aliphatic heterocycles. The second-order valence-electron chi connectivity index (χ2n) is 10.8. The summed E-state index contributed by atoms with van der Waals surface area (Å²) in [5, 5.41) is 1.06. The number of benzene rings is 2. The van der Waals surface area contributed by atoms with Gasteiger partial charge in [-0.1, -0.05) is 59.3 Å². The molecule has 0 unspecified atom stereocenters. The number of likely N-dealkylation sites (tertiary alicyclic amines) is 1. The number of amides is 1. The van der Waals surface area contributed by atoms with Crippen molar-refractivity contribution >= 4 is 46.1 Å². The number of fused-ring (bicyclic) bond motifs is 4. The Morgan fingerprint density at radius 2 is 1.88 bits per heavy atom. The van der Waals surface area contributed by atoms with E-state index in [2.05, 4.69) is 37.1 Å². The summed E-state index contributed by atoms with van der Waals surface area (Å²) in [6.07, 6.45) is 0.911. The molecule has 9 nitrogen and oxygen atoms in total. The van der Waals surface area contributed by atoms with Crippen LogP contribution in [-0.4, -0.2) is 61.4 Å². The smallest absolute Gasteiger partial charge is 0.309 e. The minimum absolute atomic E-state index is 0.00490. The van der Waals surface area contributed by atoms with Crippen LogP contribution in [0.4, 0.5) is 5.69 Å². The monoisotopic (exact) mass is 578 g/mol. The molecule has 4 aromatic rings. The van der Waals surface area contributed by atoms with Gasteiger partial charge in [-0.15, -0.1) is 0 Å². The molecule has 6 rings (SSSR count). The number of aryl methyl sites for hydroxylation is 2. The number of carbonyl (C=O) groups is 1. The largest absolute Gasteiger partial charge is 0.332 e. The lowest BCUT2D eigenvalue weighted by Crippen LogP contribution is -2.47. The highest BCUT2D eigenvalue weighted by Crippen LogP contribution is 2.45. The molecule has 0 aliphatic carbocycles. The number of carbonyl (C=O) groups excluding carboxylic acids is 1. The number of hydrogen-bond donors (Lipinski definition) is 0. The molecule has 4 heterocycles. The molecule has 2 aliphatic rings. The second kappa shape index (κ2) is 10.2. The fourth-order valence-electron chi connectivity index (χ4n) is 6.08. The van der Waals surface area contributed by atoms with Crippen LogP contribution >= 0.6 is 23.4 Å². The SMILES string of the molecule is Cc1ccc2c(c1)[C@@H]1CN(C)CC[C@H]1N2C(=O)CSc1nc2c(c(=O)n(C)c(=O)n2C)n1Cc1ccccc1Cl. The number of aromatic nitrogens is 4. The lowest BCUT2D eigenvalue weighted by Gasteiger charge is -2.36. The first-order valence-corrected chi connectivity index (χ1v) is 14.7. The summed E-state index contributed by atoms with van der Waals surface area (Å²) in [6.45, 7) is 4.23. The highest BCUT2D eigenvalue weighted by molar-refractivity contribution is 7.99. The van der Waals surface area contributed by atoms with Crippen molar-refractivity contribution in [3.8, 4) is 0 Å². The first kappa shape index (κ1) is 26.9. The molecule has 208 valence electrons. The van der Waals surface area contributed by atoms with E-state index in [0.717, 1.165) is 35.3 Å². The zero-order chi connectivity index (χ0) is 28.3. The van der Waals surface area contributed by atoms with Crippen LogP contribution in [0.15, 0.2) is 57.2 Å². The Hall–Kier alpha value is -3.34. The average Bonchev–Trinajstić information content (AvgIpc) is 3.45. The Balaban J connectivity index is 1.37. The molecule has 0 N–H and O–H groups in total. The standard InChI is InChI=1S/C29H31ClN6O3S/c1-17-9-10-22-19(13-17)20-15-32(2)12-11-23(20)36(22)24(37)16-40-28-31-26-25(27(38)34(4)29(39)33(26)3)35(28)14-18-7-5-6-8-21(18)30/h5-10,13,20,23H,11-12,14-16H2,1-4H3/t20-,23+/m0/s1. The highest BCUT2D eigenvalue weighted by Gasteiger charge is 2.43. The van der Waals surface area contributed by atoms with E-state index < -0.39 is 11.2 Å². The molecule has 1 fully saturated rings. The second-order valence-corrected chi connectivity index (χ2v) is 12.1. The van der Waals surface area contributed by atoms with Gasteiger partial charge in [-0.05, 0) is 50.2 Å². The molecule has 0 saturated carbocycles. The van der Waals surface area contributed by atoms with Crippen LogP contribution in [-0.2, 0) is 25.4 Å². The van der Waals surface area contributed by atoms with Gasteiger partial charge in [-0.25, -0.2) is 9.78 Å². The molecule has 2 atom stereocenters. The summed E-state index contributed by atoms with van der Waals surface area (Å²) < 4.78 is 4.22. The van der Waals surface area contributed by atoms with Crippen molar-refractivity contribution in [3.63, 3.8) is 0 Å². The molecule has 0 radical (unpaired) electrons. The van der Waals surface area contributed by atoms with Gasteiger partial charge in [0.1, 0.15) is 0 Å². The normalized spacial score (nSPS) is 18.8. The van der Waals surface area contributed by atoms with Crippen LogP contribution < -0.4 is 16.1 Å². The van der Waals surface area contributed by atoms with Crippen molar-refractivity contribution < 1.29 is 4.79 Å². The zero-order valence-electron chi connectivity index (χ0n) is 22.9. The van der Waals surface area contributed by atoms with E-state index in [1.807, 2.05) is 23.1 Å². The first-order chi connectivity index (χ1) is 19.2. The molecule has 40 heavy (non-hydrogen) atoms. The van der Waals surface area contributed by atoms with E-state index in [0.29, 0.717) is 15.7 Å². The molecule has 1 saturated heterocycles. The van der Waals surface area contributed by atoms with Gasteiger partial charge in [0.15, 0.2) is 16.3 Å². The third kappa shape index (κ3) is 4.38. The van der Waals surface area contributed by atoms with Gasteiger partial charge in [-0.3, -0.25) is 18.7 Å². The highest BCUT2D eigenvalue weighted by atomic mass is 35.5. The lowest BCUT2D eigenvalue weighted by molar-refractivity contribution is -0.116. The van der Waals surface area contributed by atoms with Gasteiger partial charge in [0.25, 0.3) is 5.56 Å². The van der Waals surface area contributed by atoms with Crippen molar-refractivity contribution in [2.24, 2.45) is 14.1 Å². The molecule has 0 spiro atoms. The van der Waals surface area contributed by atoms with Crippen LogP contribution in [0.25, 0.3) is 11.2 Å². The quantitative estimate of drug-likeness (QED) is 0.338. The van der Waals surface area contributed by atoms with Gasteiger partial charge in [0.05, 0.1) is 12.3 Å². The molecule has 2 aromatic carbocycles. The van der Waals surface area contributed by atoms with E-state index in [1.54, 1.807) is 17.7 Å². The van der Waals surface area contributed by atoms with E-state index in [4.69, 9.17) is 16.6 Å². The maximum atomic E-state index is 13.9. The predicted molar refractivity (Wildman–Crippen MR) is 159 cm³/mol. The summed E-state index contributed by atoms with van der Waals surface area (Å²) >= 11 is 7.76. The van der Waals surface area contributed by atoms with Crippen LogP contribution in [0.5, 0.6) is 0 Å². The van der Waals surface area contributed by atoms with Crippen LogP contribution in [0.2, 0.25) is 5.02 Å². The first-order valence-electron chi connectivity index (χ1n) is 13.3. The summed E-state index contributed by atoms with van der Waals surface area (Å²) in [7, 11) is 5.19. The number of halogens is 1. The topological polar surface area (TPSA) is 85.4 Å². The fourth-order valence-corrected chi connectivity index (χ4v) is 7.13.